The lowest BCUT2D eigenvalue weighted by Crippen LogP contribution is -2.44. The number of benzene rings is 2. The first kappa shape index (κ1) is 17.5. The van der Waals surface area contributed by atoms with E-state index in [1.54, 1.807) is 0 Å². The number of fused-ring (bicyclic) bond motifs is 1. The molecule has 1 fully saturated rings. The molecule has 0 aliphatic carbocycles. The van der Waals surface area contributed by atoms with Gasteiger partial charge in [0, 0.05) is 49.7 Å². The lowest BCUT2D eigenvalue weighted by atomic mass is 9.90. The van der Waals surface area contributed by atoms with Crippen LogP contribution in [0.5, 0.6) is 0 Å². The van der Waals surface area contributed by atoms with Crippen molar-refractivity contribution in [3.63, 3.8) is 0 Å². The summed E-state index contributed by atoms with van der Waals surface area (Å²) in [6.07, 6.45) is 0.169. The second-order valence-electron chi connectivity index (χ2n) is 7.22. The number of carbonyl (C=O) groups is 2. The zero-order valence-corrected chi connectivity index (χ0v) is 15.4. The van der Waals surface area contributed by atoms with Crippen LogP contribution < -0.4 is 15.5 Å². The maximum atomic E-state index is 12.8. The summed E-state index contributed by atoms with van der Waals surface area (Å²) in [5, 5.41) is 5.79. The predicted octanol–water partition coefficient (Wildman–Crippen LogP) is 2.50. The standard InChI is InChI=1S/C21H24N4O2/c1-24-10-12-25(13-11-24)16-8-6-15(7-9-16)22-21(27)18-14-20(26)23-19-5-3-2-4-17(18)19/h2-9,18H,10-14H2,1H3,(H,22,27)(H,23,26). The monoisotopic (exact) mass is 364 g/mol. The summed E-state index contributed by atoms with van der Waals surface area (Å²) >= 11 is 0. The number of nitrogens with zero attached hydrogens (tertiary/aromatic N) is 2. The second kappa shape index (κ2) is 7.40. The molecule has 2 aliphatic heterocycles. The third kappa shape index (κ3) is 3.80. The van der Waals surface area contributed by atoms with Crippen molar-refractivity contribution >= 4 is 28.9 Å². The number of amides is 2. The van der Waals surface area contributed by atoms with Crippen molar-refractivity contribution in [2.24, 2.45) is 0 Å². The van der Waals surface area contributed by atoms with Crippen molar-refractivity contribution in [3.05, 3.63) is 54.1 Å². The Hall–Kier alpha value is -2.86. The van der Waals surface area contributed by atoms with Crippen LogP contribution in [0.15, 0.2) is 48.5 Å². The summed E-state index contributed by atoms with van der Waals surface area (Å²) in [7, 11) is 2.14. The minimum Gasteiger partial charge on any atom is -0.369 e. The van der Waals surface area contributed by atoms with Gasteiger partial charge in [-0.1, -0.05) is 18.2 Å². The van der Waals surface area contributed by atoms with E-state index in [2.05, 4.69) is 27.5 Å². The van der Waals surface area contributed by atoms with Crippen LogP contribution in [0.25, 0.3) is 0 Å². The molecule has 2 N–H and O–H groups in total. The van der Waals surface area contributed by atoms with E-state index in [4.69, 9.17) is 0 Å². The predicted molar refractivity (Wildman–Crippen MR) is 107 cm³/mol. The number of carbonyl (C=O) groups excluding carboxylic acids is 2. The molecule has 0 bridgehead atoms. The molecule has 27 heavy (non-hydrogen) atoms. The molecule has 6 nitrogen and oxygen atoms in total. The average molecular weight is 364 g/mol. The van der Waals surface area contributed by atoms with Crippen LogP contribution in [0.1, 0.15) is 17.9 Å². The van der Waals surface area contributed by atoms with Gasteiger partial charge in [-0.25, -0.2) is 0 Å². The third-order valence-corrected chi connectivity index (χ3v) is 5.32. The number of para-hydroxylation sites is 1. The fraction of sp³-hybridized carbons (Fsp3) is 0.333. The van der Waals surface area contributed by atoms with Gasteiger partial charge in [-0.3, -0.25) is 9.59 Å². The lowest BCUT2D eigenvalue weighted by Gasteiger charge is -2.34. The van der Waals surface area contributed by atoms with E-state index in [1.807, 2.05) is 48.5 Å². The average Bonchev–Trinajstić information content (AvgIpc) is 2.68. The van der Waals surface area contributed by atoms with E-state index in [0.717, 1.165) is 43.1 Å². The largest absolute Gasteiger partial charge is 0.369 e. The number of likely N-dealkylation sites (N-methyl/N-ethyl adjacent to an activating group) is 1. The molecule has 2 aromatic rings. The summed E-state index contributed by atoms with van der Waals surface area (Å²) in [6.45, 7) is 4.13. The van der Waals surface area contributed by atoms with Gasteiger partial charge >= 0.3 is 0 Å². The molecule has 0 radical (unpaired) electrons. The summed E-state index contributed by atoms with van der Waals surface area (Å²) < 4.78 is 0. The molecule has 0 saturated carbocycles. The molecule has 0 aromatic heterocycles. The quantitative estimate of drug-likeness (QED) is 0.878. The molecule has 0 spiro atoms. The summed E-state index contributed by atoms with van der Waals surface area (Å²) in [5.74, 6) is -0.740. The van der Waals surface area contributed by atoms with Gasteiger partial charge in [-0.15, -0.1) is 0 Å². The minimum absolute atomic E-state index is 0.126. The molecule has 140 valence electrons. The number of hydrogen-bond acceptors (Lipinski definition) is 4. The van der Waals surface area contributed by atoms with Crippen LogP contribution in [0.2, 0.25) is 0 Å². The number of nitrogens with one attached hydrogen (secondary N) is 2. The first-order chi connectivity index (χ1) is 13.1. The Bertz CT molecular complexity index is 842. The molecule has 2 amide bonds. The Kier molecular flexibility index (Phi) is 4.81. The van der Waals surface area contributed by atoms with Gasteiger partial charge in [-0.05, 0) is 42.9 Å². The van der Waals surface area contributed by atoms with E-state index in [-0.39, 0.29) is 18.2 Å². The number of anilines is 3. The Balaban J connectivity index is 1.45. The van der Waals surface area contributed by atoms with Gasteiger partial charge in [0.05, 0.1) is 5.92 Å². The van der Waals surface area contributed by atoms with Gasteiger partial charge in [0.15, 0.2) is 0 Å². The van der Waals surface area contributed by atoms with Gasteiger partial charge in [-0.2, -0.15) is 0 Å². The Morgan fingerprint density at radius 2 is 1.74 bits per heavy atom. The highest BCUT2D eigenvalue weighted by atomic mass is 16.2. The van der Waals surface area contributed by atoms with E-state index >= 15 is 0 Å². The van der Waals surface area contributed by atoms with Crippen LogP contribution >= 0.6 is 0 Å². The summed E-state index contributed by atoms with van der Waals surface area (Å²) in [5.41, 5.74) is 3.51. The van der Waals surface area contributed by atoms with Crippen molar-refractivity contribution in [3.8, 4) is 0 Å². The molecule has 2 aliphatic rings. The normalized spacial score (nSPS) is 20.0. The molecule has 1 atom stereocenters. The lowest BCUT2D eigenvalue weighted by molar-refractivity contribution is -0.123. The SMILES string of the molecule is CN1CCN(c2ccc(NC(=O)C3CC(=O)Nc4ccccc43)cc2)CC1. The summed E-state index contributed by atoms with van der Waals surface area (Å²) in [6, 6.07) is 15.4. The van der Waals surface area contributed by atoms with Gasteiger partial charge < -0.3 is 20.4 Å². The van der Waals surface area contributed by atoms with Crippen molar-refractivity contribution in [2.75, 3.05) is 48.8 Å². The van der Waals surface area contributed by atoms with Crippen molar-refractivity contribution in [1.82, 2.24) is 4.90 Å². The zero-order valence-electron chi connectivity index (χ0n) is 15.4. The molecule has 4 rings (SSSR count). The molecule has 2 aromatic carbocycles. The van der Waals surface area contributed by atoms with Crippen LogP contribution in [0.4, 0.5) is 17.1 Å². The molecule has 1 saturated heterocycles. The Morgan fingerprint density at radius 1 is 1.04 bits per heavy atom. The van der Waals surface area contributed by atoms with E-state index in [0.29, 0.717) is 0 Å². The molecular weight excluding hydrogens is 340 g/mol. The molecule has 1 unspecified atom stereocenters. The first-order valence-corrected chi connectivity index (χ1v) is 9.33. The maximum Gasteiger partial charge on any atom is 0.232 e. The Morgan fingerprint density at radius 3 is 2.48 bits per heavy atom. The topological polar surface area (TPSA) is 64.7 Å². The highest BCUT2D eigenvalue weighted by Crippen LogP contribution is 2.33. The molecular formula is C21H24N4O2. The summed E-state index contributed by atoms with van der Waals surface area (Å²) in [4.78, 5) is 29.4. The van der Waals surface area contributed by atoms with Gasteiger partial charge in [0.2, 0.25) is 11.8 Å². The van der Waals surface area contributed by atoms with Crippen LogP contribution in [0.3, 0.4) is 0 Å². The van der Waals surface area contributed by atoms with Crippen molar-refractivity contribution in [1.29, 1.82) is 0 Å². The van der Waals surface area contributed by atoms with Gasteiger partial charge in [0.25, 0.3) is 0 Å². The van der Waals surface area contributed by atoms with Gasteiger partial charge in [0.1, 0.15) is 0 Å². The maximum absolute atomic E-state index is 12.8. The third-order valence-electron chi connectivity index (χ3n) is 5.32. The Labute approximate surface area is 159 Å². The van der Waals surface area contributed by atoms with E-state index in [9.17, 15) is 9.59 Å². The van der Waals surface area contributed by atoms with Crippen LogP contribution in [-0.4, -0.2) is 49.9 Å². The highest BCUT2D eigenvalue weighted by molar-refractivity contribution is 6.05. The van der Waals surface area contributed by atoms with Crippen LogP contribution in [0, 0.1) is 0 Å². The van der Waals surface area contributed by atoms with E-state index in [1.165, 1.54) is 5.69 Å². The molecule has 2 heterocycles. The van der Waals surface area contributed by atoms with Crippen molar-refractivity contribution in [2.45, 2.75) is 12.3 Å². The smallest absolute Gasteiger partial charge is 0.232 e. The fourth-order valence-electron chi connectivity index (χ4n) is 3.69. The number of hydrogen-bond donors (Lipinski definition) is 2. The minimum atomic E-state index is -0.466. The van der Waals surface area contributed by atoms with Crippen LogP contribution in [-0.2, 0) is 9.59 Å². The van der Waals surface area contributed by atoms with E-state index < -0.39 is 5.92 Å². The number of rotatable bonds is 3. The fourth-order valence-corrected chi connectivity index (χ4v) is 3.69. The van der Waals surface area contributed by atoms with Crippen molar-refractivity contribution < 1.29 is 9.59 Å². The molecule has 6 heteroatoms. The highest BCUT2D eigenvalue weighted by Gasteiger charge is 2.30. The first-order valence-electron chi connectivity index (χ1n) is 9.33. The zero-order chi connectivity index (χ0) is 18.8. The second-order valence-corrected chi connectivity index (χ2v) is 7.22. The number of piperazine rings is 1.